The minimum atomic E-state index is -3.69. The van der Waals surface area contributed by atoms with Crippen molar-refractivity contribution in [3.8, 4) is 0 Å². The van der Waals surface area contributed by atoms with Crippen LogP contribution in [0.25, 0.3) is 0 Å². The van der Waals surface area contributed by atoms with E-state index in [9.17, 15) is 16.8 Å². The summed E-state index contributed by atoms with van der Waals surface area (Å²) in [5, 5.41) is 0. The molecular weight excluding hydrogens is 288 g/mol. The number of nitrogen functional groups attached to an aromatic ring is 1. The molecule has 0 aliphatic heterocycles. The highest BCUT2D eigenvalue weighted by Crippen LogP contribution is 2.23. The fraction of sp³-hybridized carbons (Fsp3) is 0.455. The van der Waals surface area contributed by atoms with Gasteiger partial charge in [-0.25, -0.2) is 16.8 Å². The highest BCUT2D eigenvalue weighted by molar-refractivity contribution is 7.95. The lowest BCUT2D eigenvalue weighted by molar-refractivity contribution is 0.593. The lowest BCUT2D eigenvalue weighted by Crippen LogP contribution is -2.22. The van der Waals surface area contributed by atoms with Crippen LogP contribution in [0.5, 0.6) is 0 Å². The maximum absolute atomic E-state index is 11.8. The van der Waals surface area contributed by atoms with Gasteiger partial charge in [-0.3, -0.25) is 4.72 Å². The SMILES string of the molecule is Cc1cc(NS(=O)(=O)CCS(C)(=O)=O)c(C)cc1N. The Bertz CT molecular complexity index is 679. The zero-order valence-electron chi connectivity index (χ0n) is 11.1. The van der Waals surface area contributed by atoms with Crippen molar-refractivity contribution in [2.75, 3.05) is 28.2 Å². The van der Waals surface area contributed by atoms with Crippen LogP contribution >= 0.6 is 0 Å². The fourth-order valence-corrected chi connectivity index (χ4v) is 4.17. The molecule has 0 saturated heterocycles. The Hall–Kier alpha value is -1.28. The molecule has 0 aromatic heterocycles. The summed E-state index contributed by atoms with van der Waals surface area (Å²) in [5.74, 6) is -0.871. The van der Waals surface area contributed by atoms with E-state index in [-0.39, 0.29) is 0 Å². The Morgan fingerprint density at radius 2 is 1.63 bits per heavy atom. The molecule has 0 amide bonds. The van der Waals surface area contributed by atoms with Gasteiger partial charge in [-0.2, -0.15) is 0 Å². The molecule has 0 aliphatic carbocycles. The second-order valence-electron chi connectivity index (χ2n) is 4.57. The van der Waals surface area contributed by atoms with E-state index < -0.39 is 31.4 Å². The molecule has 3 N–H and O–H groups in total. The van der Waals surface area contributed by atoms with Crippen LogP contribution in [-0.4, -0.2) is 34.6 Å². The topological polar surface area (TPSA) is 106 Å². The minimum Gasteiger partial charge on any atom is -0.399 e. The van der Waals surface area contributed by atoms with E-state index in [0.29, 0.717) is 16.9 Å². The first-order valence-corrected chi connectivity index (χ1v) is 9.26. The number of sulfonamides is 1. The Morgan fingerprint density at radius 3 is 2.16 bits per heavy atom. The first kappa shape index (κ1) is 15.8. The second-order valence-corrected chi connectivity index (χ2v) is 8.68. The van der Waals surface area contributed by atoms with Crippen LogP contribution in [0.1, 0.15) is 11.1 Å². The van der Waals surface area contributed by atoms with Gasteiger partial charge in [0.15, 0.2) is 0 Å². The first-order chi connectivity index (χ1) is 8.50. The highest BCUT2D eigenvalue weighted by Gasteiger charge is 2.16. The number of aryl methyl sites for hydroxylation is 2. The van der Waals surface area contributed by atoms with Crippen molar-refractivity contribution in [1.82, 2.24) is 0 Å². The molecule has 0 atom stereocenters. The monoisotopic (exact) mass is 306 g/mol. The molecular formula is C11H18N2O4S2. The summed E-state index contributed by atoms with van der Waals surface area (Å²) in [6.07, 6.45) is 1.00. The van der Waals surface area contributed by atoms with Gasteiger partial charge in [-0.15, -0.1) is 0 Å². The lowest BCUT2D eigenvalue weighted by Gasteiger charge is -2.12. The number of nitrogens with one attached hydrogen (secondary N) is 1. The van der Waals surface area contributed by atoms with Gasteiger partial charge in [-0.1, -0.05) is 0 Å². The summed E-state index contributed by atoms with van der Waals surface area (Å²) in [5.41, 5.74) is 8.15. The molecule has 0 saturated carbocycles. The number of sulfone groups is 1. The van der Waals surface area contributed by atoms with Crippen LogP contribution in [0.15, 0.2) is 12.1 Å². The van der Waals surface area contributed by atoms with E-state index in [2.05, 4.69) is 4.72 Å². The molecule has 0 spiro atoms. The third-order valence-electron chi connectivity index (χ3n) is 2.60. The van der Waals surface area contributed by atoms with Crippen molar-refractivity contribution in [3.05, 3.63) is 23.3 Å². The molecule has 108 valence electrons. The van der Waals surface area contributed by atoms with E-state index in [4.69, 9.17) is 5.73 Å². The average molecular weight is 306 g/mol. The second kappa shape index (κ2) is 5.38. The van der Waals surface area contributed by atoms with Crippen LogP contribution in [0, 0.1) is 13.8 Å². The molecule has 1 aromatic rings. The highest BCUT2D eigenvalue weighted by atomic mass is 32.2. The number of hydrogen-bond donors (Lipinski definition) is 2. The molecule has 19 heavy (non-hydrogen) atoms. The van der Waals surface area contributed by atoms with Gasteiger partial charge < -0.3 is 5.73 Å². The van der Waals surface area contributed by atoms with Crippen molar-refractivity contribution >= 4 is 31.2 Å². The predicted molar refractivity (Wildman–Crippen MR) is 77.4 cm³/mol. The maximum atomic E-state index is 11.8. The number of anilines is 2. The normalized spacial score (nSPS) is 12.4. The standard InChI is InChI=1S/C11H18N2O4S2/c1-8-7-11(9(2)6-10(8)12)13-19(16,17)5-4-18(3,14)15/h6-7,13H,4-5,12H2,1-3H3. The van der Waals surface area contributed by atoms with Gasteiger partial charge in [-0.05, 0) is 37.1 Å². The summed E-state index contributed by atoms with van der Waals surface area (Å²) in [4.78, 5) is 0. The molecule has 1 aromatic carbocycles. The van der Waals surface area contributed by atoms with Crippen LogP contribution in [0.2, 0.25) is 0 Å². The number of hydrogen-bond acceptors (Lipinski definition) is 5. The van der Waals surface area contributed by atoms with Gasteiger partial charge in [0.2, 0.25) is 10.0 Å². The summed E-state index contributed by atoms with van der Waals surface area (Å²) in [6, 6.07) is 3.30. The minimum absolute atomic E-state index is 0.407. The summed E-state index contributed by atoms with van der Waals surface area (Å²) >= 11 is 0. The summed E-state index contributed by atoms with van der Waals surface area (Å²) < 4.78 is 47.9. The molecule has 6 nitrogen and oxygen atoms in total. The van der Waals surface area contributed by atoms with Crippen molar-refractivity contribution in [1.29, 1.82) is 0 Å². The zero-order valence-corrected chi connectivity index (χ0v) is 12.7. The van der Waals surface area contributed by atoms with Gasteiger partial charge in [0.1, 0.15) is 9.84 Å². The smallest absolute Gasteiger partial charge is 0.233 e. The van der Waals surface area contributed by atoms with Crippen LogP contribution < -0.4 is 10.5 Å². The van der Waals surface area contributed by atoms with Crippen LogP contribution in [0.4, 0.5) is 11.4 Å². The van der Waals surface area contributed by atoms with Crippen molar-refractivity contribution in [2.24, 2.45) is 0 Å². The molecule has 0 bridgehead atoms. The van der Waals surface area contributed by atoms with Crippen LogP contribution in [0.3, 0.4) is 0 Å². The fourth-order valence-electron chi connectivity index (χ4n) is 1.43. The largest absolute Gasteiger partial charge is 0.399 e. The lowest BCUT2D eigenvalue weighted by atomic mass is 10.1. The molecule has 0 fully saturated rings. The average Bonchev–Trinajstić information content (AvgIpc) is 2.22. The van der Waals surface area contributed by atoms with E-state index in [1.807, 2.05) is 0 Å². The molecule has 8 heteroatoms. The number of nitrogens with two attached hydrogens (primary N) is 1. The van der Waals surface area contributed by atoms with Gasteiger partial charge in [0.05, 0.1) is 17.2 Å². The molecule has 0 unspecified atom stereocenters. The molecule has 0 radical (unpaired) electrons. The van der Waals surface area contributed by atoms with Crippen molar-refractivity contribution in [3.63, 3.8) is 0 Å². The molecule has 0 heterocycles. The third kappa shape index (κ3) is 5.07. The van der Waals surface area contributed by atoms with Gasteiger partial charge in [0, 0.05) is 11.9 Å². The third-order valence-corrected chi connectivity index (χ3v) is 5.08. The van der Waals surface area contributed by atoms with Crippen molar-refractivity contribution < 1.29 is 16.8 Å². The molecule has 1 rings (SSSR count). The van der Waals surface area contributed by atoms with E-state index in [1.54, 1.807) is 26.0 Å². The first-order valence-electron chi connectivity index (χ1n) is 5.55. The zero-order chi connectivity index (χ0) is 14.8. The van der Waals surface area contributed by atoms with E-state index in [0.717, 1.165) is 11.8 Å². The Kier molecular flexibility index (Phi) is 4.46. The quantitative estimate of drug-likeness (QED) is 0.778. The summed E-state index contributed by atoms with van der Waals surface area (Å²) in [6.45, 7) is 3.49. The van der Waals surface area contributed by atoms with E-state index in [1.165, 1.54) is 0 Å². The predicted octanol–water partition coefficient (Wildman–Crippen LogP) is 0.672. The van der Waals surface area contributed by atoms with Crippen LogP contribution in [-0.2, 0) is 19.9 Å². The van der Waals surface area contributed by atoms with E-state index >= 15 is 0 Å². The Balaban J connectivity index is 2.93. The summed E-state index contributed by atoms with van der Waals surface area (Å²) in [7, 11) is -7.00. The number of rotatable bonds is 5. The van der Waals surface area contributed by atoms with Crippen molar-refractivity contribution in [2.45, 2.75) is 13.8 Å². The number of benzene rings is 1. The Labute approximate surface area is 114 Å². The molecule has 0 aliphatic rings. The maximum Gasteiger partial charge on any atom is 0.233 e. The Morgan fingerprint density at radius 1 is 1.05 bits per heavy atom. The van der Waals surface area contributed by atoms with Gasteiger partial charge >= 0.3 is 0 Å². The van der Waals surface area contributed by atoms with Gasteiger partial charge in [0.25, 0.3) is 0 Å².